The standard InChI is InChI=1S/C12H15NO4S/c1-8(14)10-5-9-3-4-13(2)7-11(9)12(6-10)18(15,16)17/h5-6H,3-4,7H2,1-2H3,(H,15,16,17). The Balaban J connectivity index is 2.69. The zero-order valence-corrected chi connectivity index (χ0v) is 11.1. The summed E-state index contributed by atoms with van der Waals surface area (Å²) in [6, 6.07) is 2.98. The molecular formula is C12H15NO4S. The van der Waals surface area contributed by atoms with Crippen LogP contribution in [0, 0.1) is 0 Å². The van der Waals surface area contributed by atoms with Gasteiger partial charge in [0, 0.05) is 18.7 Å². The van der Waals surface area contributed by atoms with Gasteiger partial charge in [-0.2, -0.15) is 8.42 Å². The summed E-state index contributed by atoms with van der Waals surface area (Å²) >= 11 is 0. The lowest BCUT2D eigenvalue weighted by Gasteiger charge is -2.26. The first-order chi connectivity index (χ1) is 8.29. The van der Waals surface area contributed by atoms with Crippen molar-refractivity contribution in [2.24, 2.45) is 0 Å². The minimum atomic E-state index is -4.30. The third-order valence-corrected chi connectivity index (χ3v) is 4.10. The van der Waals surface area contributed by atoms with Gasteiger partial charge in [0.05, 0.1) is 4.90 Å². The van der Waals surface area contributed by atoms with Crippen LogP contribution in [-0.4, -0.2) is 37.2 Å². The van der Waals surface area contributed by atoms with Crippen molar-refractivity contribution < 1.29 is 17.8 Å². The third-order valence-electron chi connectivity index (χ3n) is 3.18. The fourth-order valence-electron chi connectivity index (χ4n) is 2.20. The van der Waals surface area contributed by atoms with Crippen molar-refractivity contribution >= 4 is 15.9 Å². The van der Waals surface area contributed by atoms with Crippen LogP contribution >= 0.6 is 0 Å². The average molecular weight is 269 g/mol. The van der Waals surface area contributed by atoms with Crippen molar-refractivity contribution in [2.45, 2.75) is 24.8 Å². The molecular weight excluding hydrogens is 254 g/mol. The minimum Gasteiger partial charge on any atom is -0.302 e. The van der Waals surface area contributed by atoms with Gasteiger partial charge in [-0.1, -0.05) is 0 Å². The van der Waals surface area contributed by atoms with E-state index in [9.17, 15) is 17.8 Å². The smallest absolute Gasteiger partial charge is 0.294 e. The van der Waals surface area contributed by atoms with Crippen LogP contribution in [0.5, 0.6) is 0 Å². The molecule has 1 aliphatic heterocycles. The molecule has 0 saturated carbocycles. The summed E-state index contributed by atoms with van der Waals surface area (Å²) in [6.45, 7) is 2.65. The van der Waals surface area contributed by atoms with Crippen molar-refractivity contribution in [3.8, 4) is 0 Å². The number of carbonyl (C=O) groups excluding carboxylic acids is 1. The van der Waals surface area contributed by atoms with Crippen molar-refractivity contribution in [2.75, 3.05) is 13.6 Å². The highest BCUT2D eigenvalue weighted by molar-refractivity contribution is 7.85. The van der Waals surface area contributed by atoms with Gasteiger partial charge in [-0.3, -0.25) is 9.35 Å². The molecule has 0 saturated heterocycles. The monoisotopic (exact) mass is 269 g/mol. The number of ketones is 1. The van der Waals surface area contributed by atoms with E-state index in [1.807, 2.05) is 11.9 Å². The molecule has 18 heavy (non-hydrogen) atoms. The van der Waals surface area contributed by atoms with Crippen molar-refractivity contribution in [1.82, 2.24) is 4.90 Å². The van der Waals surface area contributed by atoms with E-state index in [-0.39, 0.29) is 10.7 Å². The van der Waals surface area contributed by atoms with Crippen molar-refractivity contribution in [3.05, 3.63) is 28.8 Å². The van der Waals surface area contributed by atoms with E-state index in [1.165, 1.54) is 13.0 Å². The number of hydrogen-bond donors (Lipinski definition) is 1. The molecule has 0 unspecified atom stereocenters. The molecule has 0 amide bonds. The van der Waals surface area contributed by atoms with E-state index in [2.05, 4.69) is 0 Å². The van der Waals surface area contributed by atoms with E-state index >= 15 is 0 Å². The number of nitrogens with zero attached hydrogens (tertiary/aromatic N) is 1. The molecule has 0 aliphatic carbocycles. The highest BCUT2D eigenvalue weighted by Gasteiger charge is 2.24. The first kappa shape index (κ1) is 13.2. The summed E-state index contributed by atoms with van der Waals surface area (Å²) in [7, 11) is -2.42. The summed E-state index contributed by atoms with van der Waals surface area (Å²) in [6.07, 6.45) is 0.676. The van der Waals surface area contributed by atoms with Gasteiger partial charge in [0.25, 0.3) is 10.1 Å². The zero-order valence-electron chi connectivity index (χ0n) is 10.3. The highest BCUT2D eigenvalue weighted by atomic mass is 32.2. The van der Waals surface area contributed by atoms with Gasteiger partial charge in [-0.05, 0) is 43.7 Å². The maximum atomic E-state index is 11.4. The lowest BCUT2D eigenvalue weighted by Crippen LogP contribution is -2.28. The fourth-order valence-corrected chi connectivity index (χ4v) is 2.98. The molecule has 1 aromatic rings. The summed E-state index contributed by atoms with van der Waals surface area (Å²) in [5.74, 6) is -0.207. The SMILES string of the molecule is CC(=O)c1cc2c(c(S(=O)(=O)O)c1)CN(C)CC2. The second kappa shape index (κ2) is 4.46. The van der Waals surface area contributed by atoms with Crippen LogP contribution in [0.1, 0.15) is 28.4 Å². The Morgan fingerprint density at radius 3 is 2.61 bits per heavy atom. The normalized spacial score (nSPS) is 16.4. The van der Waals surface area contributed by atoms with Crippen LogP contribution in [0.15, 0.2) is 17.0 Å². The van der Waals surface area contributed by atoms with Crippen LogP contribution in [0.25, 0.3) is 0 Å². The van der Waals surface area contributed by atoms with Crippen LogP contribution in [-0.2, 0) is 23.1 Å². The predicted molar refractivity (Wildman–Crippen MR) is 66.3 cm³/mol. The number of benzene rings is 1. The molecule has 0 radical (unpaired) electrons. The molecule has 1 heterocycles. The Morgan fingerprint density at radius 2 is 2.06 bits per heavy atom. The van der Waals surface area contributed by atoms with Gasteiger partial charge in [0.2, 0.25) is 0 Å². The number of rotatable bonds is 2. The average Bonchev–Trinajstić information content (AvgIpc) is 2.26. The predicted octanol–water partition coefficient (Wildman–Crippen LogP) is 1.12. The molecule has 5 nitrogen and oxygen atoms in total. The van der Waals surface area contributed by atoms with E-state index in [1.54, 1.807) is 6.07 Å². The Labute approximate surface area is 106 Å². The van der Waals surface area contributed by atoms with Gasteiger partial charge in [0.15, 0.2) is 5.78 Å². The van der Waals surface area contributed by atoms with E-state index < -0.39 is 10.1 Å². The number of carbonyl (C=O) groups is 1. The van der Waals surface area contributed by atoms with Gasteiger partial charge < -0.3 is 4.90 Å². The topological polar surface area (TPSA) is 74.7 Å². The fraction of sp³-hybridized carbons (Fsp3) is 0.417. The number of Topliss-reactive ketones (excluding diaryl/α,β-unsaturated/α-hetero) is 1. The Kier molecular flexibility index (Phi) is 3.27. The van der Waals surface area contributed by atoms with Crippen LogP contribution in [0.2, 0.25) is 0 Å². The lowest BCUT2D eigenvalue weighted by atomic mass is 9.96. The van der Waals surface area contributed by atoms with Crippen LogP contribution in [0.3, 0.4) is 0 Å². The van der Waals surface area contributed by atoms with E-state index in [4.69, 9.17) is 0 Å². The maximum Gasteiger partial charge on any atom is 0.294 e. The molecule has 0 fully saturated rings. The maximum absolute atomic E-state index is 11.4. The van der Waals surface area contributed by atoms with E-state index in [0.717, 1.165) is 12.1 Å². The van der Waals surface area contributed by atoms with Crippen molar-refractivity contribution in [3.63, 3.8) is 0 Å². The van der Waals surface area contributed by atoms with Gasteiger partial charge in [0.1, 0.15) is 0 Å². The second-order valence-corrected chi connectivity index (χ2v) is 6.02. The summed E-state index contributed by atoms with van der Waals surface area (Å²) in [5.41, 5.74) is 1.75. The quantitative estimate of drug-likeness (QED) is 0.643. The molecule has 0 atom stereocenters. The number of fused-ring (bicyclic) bond motifs is 1. The summed E-state index contributed by atoms with van der Waals surface area (Å²) < 4.78 is 32.1. The second-order valence-electron chi connectivity index (χ2n) is 4.63. The van der Waals surface area contributed by atoms with Gasteiger partial charge in [-0.15, -0.1) is 0 Å². The number of likely N-dealkylation sites (N-methyl/N-ethyl adjacent to an activating group) is 1. The molecule has 2 rings (SSSR count). The largest absolute Gasteiger partial charge is 0.302 e. The molecule has 1 aliphatic rings. The lowest BCUT2D eigenvalue weighted by molar-refractivity contribution is 0.101. The first-order valence-electron chi connectivity index (χ1n) is 5.62. The Hall–Kier alpha value is -1.24. The molecule has 1 N–H and O–H groups in total. The summed E-state index contributed by atoms with van der Waals surface area (Å²) in [4.78, 5) is 13.2. The number of hydrogen-bond acceptors (Lipinski definition) is 4. The third kappa shape index (κ3) is 2.45. The zero-order chi connectivity index (χ0) is 13.5. The van der Waals surface area contributed by atoms with Gasteiger partial charge in [-0.25, -0.2) is 0 Å². The van der Waals surface area contributed by atoms with Crippen LogP contribution < -0.4 is 0 Å². The van der Waals surface area contributed by atoms with Crippen molar-refractivity contribution in [1.29, 1.82) is 0 Å². The molecule has 0 spiro atoms. The summed E-state index contributed by atoms with van der Waals surface area (Å²) in [5, 5.41) is 0. The van der Waals surface area contributed by atoms with Gasteiger partial charge >= 0.3 is 0 Å². The molecule has 1 aromatic carbocycles. The Morgan fingerprint density at radius 1 is 1.39 bits per heavy atom. The molecule has 0 bridgehead atoms. The first-order valence-corrected chi connectivity index (χ1v) is 7.06. The molecule has 6 heteroatoms. The minimum absolute atomic E-state index is 0.142. The van der Waals surface area contributed by atoms with E-state index in [0.29, 0.717) is 24.1 Å². The highest BCUT2D eigenvalue weighted by Crippen LogP contribution is 2.27. The molecule has 98 valence electrons. The molecule has 0 aromatic heterocycles. The Bertz CT molecular complexity index is 607. The van der Waals surface area contributed by atoms with Crippen LogP contribution in [0.4, 0.5) is 0 Å².